The summed E-state index contributed by atoms with van der Waals surface area (Å²) in [5.41, 5.74) is 0.841. The molecule has 0 fully saturated rings. The first-order valence-corrected chi connectivity index (χ1v) is 4.78. The van der Waals surface area contributed by atoms with Crippen LogP contribution in [0.15, 0.2) is 39.7 Å². The summed E-state index contributed by atoms with van der Waals surface area (Å²) in [4.78, 5) is 3.83. The molecule has 0 saturated carbocycles. The van der Waals surface area contributed by atoms with Crippen LogP contribution >= 0.6 is 27.5 Å². The third-order valence-corrected chi connectivity index (χ3v) is 2.45. The summed E-state index contributed by atoms with van der Waals surface area (Å²) >= 11 is 9.34. The third kappa shape index (κ3) is 1.76. The van der Waals surface area contributed by atoms with Crippen molar-refractivity contribution in [1.82, 2.24) is 4.98 Å². The molecular formula is C9H5BrClNO. The van der Waals surface area contributed by atoms with Gasteiger partial charge in [-0.25, -0.2) is 4.98 Å². The minimum atomic E-state index is 0.653. The summed E-state index contributed by atoms with van der Waals surface area (Å²) in [5.74, 6) is 0.673. The predicted octanol–water partition coefficient (Wildman–Crippen LogP) is 3.76. The molecule has 13 heavy (non-hydrogen) atoms. The summed E-state index contributed by atoms with van der Waals surface area (Å²) in [6, 6.07) is 5.58. The highest BCUT2D eigenvalue weighted by atomic mass is 79.9. The van der Waals surface area contributed by atoms with E-state index in [0.717, 1.165) is 10.0 Å². The van der Waals surface area contributed by atoms with Crippen molar-refractivity contribution in [2.75, 3.05) is 0 Å². The number of halogens is 2. The molecular weight excluding hydrogens is 253 g/mol. The molecule has 0 unspecified atom stereocenters. The second-order valence-electron chi connectivity index (χ2n) is 2.49. The summed E-state index contributed by atoms with van der Waals surface area (Å²) in [6.07, 6.45) is 3.01. The van der Waals surface area contributed by atoms with Gasteiger partial charge in [0.1, 0.15) is 0 Å². The van der Waals surface area contributed by atoms with Crippen molar-refractivity contribution in [2.24, 2.45) is 0 Å². The molecule has 2 rings (SSSR count). The molecule has 0 atom stereocenters. The minimum absolute atomic E-state index is 0.653. The van der Waals surface area contributed by atoms with Crippen LogP contribution in [0.5, 0.6) is 0 Å². The molecule has 0 spiro atoms. The van der Waals surface area contributed by atoms with E-state index in [2.05, 4.69) is 20.9 Å². The number of benzene rings is 1. The molecule has 1 heterocycles. The van der Waals surface area contributed by atoms with Gasteiger partial charge in [0.05, 0.1) is 11.2 Å². The molecule has 0 aliphatic rings. The lowest BCUT2D eigenvalue weighted by molar-refractivity contribution is 0.572. The lowest BCUT2D eigenvalue weighted by atomic mass is 10.2. The van der Waals surface area contributed by atoms with Gasteiger partial charge in [-0.3, -0.25) is 0 Å². The molecule has 0 amide bonds. The van der Waals surface area contributed by atoms with E-state index in [0.29, 0.717) is 10.8 Å². The molecule has 0 N–H and O–H groups in total. The second kappa shape index (κ2) is 3.52. The van der Waals surface area contributed by atoms with Gasteiger partial charge in [0.25, 0.3) is 0 Å². The molecule has 0 aliphatic carbocycles. The fourth-order valence-corrected chi connectivity index (χ4v) is 1.61. The summed E-state index contributed by atoms with van der Waals surface area (Å²) in [7, 11) is 0. The van der Waals surface area contributed by atoms with Crippen LogP contribution in [0.2, 0.25) is 5.02 Å². The van der Waals surface area contributed by atoms with Crippen molar-refractivity contribution >= 4 is 27.5 Å². The highest BCUT2D eigenvalue weighted by molar-refractivity contribution is 9.10. The fraction of sp³-hybridized carbons (Fsp3) is 0. The first-order chi connectivity index (χ1) is 6.27. The average Bonchev–Trinajstić information content (AvgIpc) is 2.61. The van der Waals surface area contributed by atoms with E-state index in [-0.39, 0.29) is 0 Å². The van der Waals surface area contributed by atoms with E-state index >= 15 is 0 Å². The average molecular weight is 259 g/mol. The quantitative estimate of drug-likeness (QED) is 0.778. The smallest absolute Gasteiger partial charge is 0.181 e. The van der Waals surface area contributed by atoms with Gasteiger partial charge in [0.15, 0.2) is 12.2 Å². The molecule has 66 valence electrons. The Balaban J connectivity index is 2.57. The highest BCUT2D eigenvalue weighted by Gasteiger charge is 2.06. The number of hydrogen-bond donors (Lipinski definition) is 0. The Morgan fingerprint density at radius 2 is 2.23 bits per heavy atom. The number of rotatable bonds is 1. The molecule has 0 aliphatic heterocycles. The van der Waals surface area contributed by atoms with Gasteiger partial charge >= 0.3 is 0 Å². The minimum Gasteiger partial charge on any atom is -0.443 e. The van der Waals surface area contributed by atoms with Crippen LogP contribution < -0.4 is 0 Å². The topological polar surface area (TPSA) is 26.0 Å². The number of nitrogens with zero attached hydrogens (tertiary/aromatic N) is 1. The van der Waals surface area contributed by atoms with E-state index in [1.807, 2.05) is 18.2 Å². The lowest BCUT2D eigenvalue weighted by Gasteiger charge is -1.99. The highest BCUT2D eigenvalue weighted by Crippen LogP contribution is 2.30. The maximum absolute atomic E-state index is 5.98. The van der Waals surface area contributed by atoms with Gasteiger partial charge in [-0.05, 0) is 18.2 Å². The zero-order valence-corrected chi connectivity index (χ0v) is 8.84. The zero-order valence-electron chi connectivity index (χ0n) is 6.50. The van der Waals surface area contributed by atoms with Crippen LogP contribution in [0.4, 0.5) is 0 Å². The third-order valence-electron chi connectivity index (χ3n) is 1.63. The van der Waals surface area contributed by atoms with E-state index in [1.165, 1.54) is 6.39 Å². The zero-order chi connectivity index (χ0) is 9.26. The van der Waals surface area contributed by atoms with Crippen molar-refractivity contribution in [2.45, 2.75) is 0 Å². The molecule has 1 aromatic carbocycles. The standard InChI is InChI=1S/C9H5BrClNO/c10-6-1-2-8(11)7(3-6)9-4-12-5-13-9/h1-5H. The van der Waals surface area contributed by atoms with Crippen LogP contribution in [0.1, 0.15) is 0 Å². The first-order valence-electron chi connectivity index (χ1n) is 3.61. The van der Waals surface area contributed by atoms with E-state index in [4.69, 9.17) is 16.0 Å². The Bertz CT molecular complexity index is 414. The molecule has 2 aromatic rings. The van der Waals surface area contributed by atoms with Gasteiger partial charge in [0.2, 0.25) is 0 Å². The Labute approximate surface area is 88.7 Å². The number of hydrogen-bond acceptors (Lipinski definition) is 2. The number of aromatic nitrogens is 1. The molecule has 0 saturated heterocycles. The van der Waals surface area contributed by atoms with Crippen molar-refractivity contribution in [3.8, 4) is 11.3 Å². The van der Waals surface area contributed by atoms with E-state index in [9.17, 15) is 0 Å². The largest absolute Gasteiger partial charge is 0.443 e. The van der Waals surface area contributed by atoms with Crippen molar-refractivity contribution in [3.63, 3.8) is 0 Å². The van der Waals surface area contributed by atoms with Gasteiger partial charge in [-0.2, -0.15) is 0 Å². The molecule has 0 radical (unpaired) electrons. The number of oxazole rings is 1. The molecule has 4 heteroatoms. The lowest BCUT2D eigenvalue weighted by Crippen LogP contribution is -1.76. The molecule has 2 nitrogen and oxygen atoms in total. The van der Waals surface area contributed by atoms with Gasteiger partial charge in [0, 0.05) is 10.0 Å². The first kappa shape index (κ1) is 8.78. The van der Waals surface area contributed by atoms with Gasteiger partial charge in [-0.15, -0.1) is 0 Å². The van der Waals surface area contributed by atoms with Crippen LogP contribution in [-0.4, -0.2) is 4.98 Å². The Morgan fingerprint density at radius 3 is 2.92 bits per heavy atom. The van der Waals surface area contributed by atoms with Crippen LogP contribution in [-0.2, 0) is 0 Å². The van der Waals surface area contributed by atoms with Crippen LogP contribution in [0.25, 0.3) is 11.3 Å². The SMILES string of the molecule is Clc1ccc(Br)cc1-c1cnco1. The normalized spacial score (nSPS) is 10.3. The van der Waals surface area contributed by atoms with Crippen LogP contribution in [0, 0.1) is 0 Å². The maximum Gasteiger partial charge on any atom is 0.181 e. The van der Waals surface area contributed by atoms with Crippen molar-refractivity contribution in [1.29, 1.82) is 0 Å². The maximum atomic E-state index is 5.98. The Kier molecular flexibility index (Phi) is 2.38. The monoisotopic (exact) mass is 257 g/mol. The summed E-state index contributed by atoms with van der Waals surface area (Å²) < 4.78 is 6.10. The fourth-order valence-electron chi connectivity index (χ4n) is 1.04. The van der Waals surface area contributed by atoms with E-state index < -0.39 is 0 Å². The second-order valence-corrected chi connectivity index (χ2v) is 3.81. The van der Waals surface area contributed by atoms with Gasteiger partial charge in [-0.1, -0.05) is 27.5 Å². The van der Waals surface area contributed by atoms with Crippen molar-refractivity contribution in [3.05, 3.63) is 40.3 Å². The molecule has 1 aromatic heterocycles. The Hall–Kier alpha value is -0.800. The van der Waals surface area contributed by atoms with Gasteiger partial charge < -0.3 is 4.42 Å². The predicted molar refractivity (Wildman–Crippen MR) is 54.6 cm³/mol. The Morgan fingerprint density at radius 1 is 1.38 bits per heavy atom. The van der Waals surface area contributed by atoms with E-state index in [1.54, 1.807) is 6.20 Å². The molecule has 0 bridgehead atoms. The summed E-state index contributed by atoms with van der Waals surface area (Å²) in [6.45, 7) is 0. The van der Waals surface area contributed by atoms with Crippen LogP contribution in [0.3, 0.4) is 0 Å². The summed E-state index contributed by atoms with van der Waals surface area (Å²) in [5, 5.41) is 0.653. The van der Waals surface area contributed by atoms with Crippen molar-refractivity contribution < 1.29 is 4.42 Å².